The highest BCUT2D eigenvalue weighted by molar-refractivity contribution is 5.87. The summed E-state index contributed by atoms with van der Waals surface area (Å²) in [5, 5.41) is 4.15. The van der Waals surface area contributed by atoms with Gasteiger partial charge in [-0.2, -0.15) is 5.10 Å². The van der Waals surface area contributed by atoms with Gasteiger partial charge in [-0.05, 0) is 44.4 Å². The average molecular weight is 382 g/mol. The standard InChI is InChI=1S/C18H21F3N4O2/c1-17(2,13-3-5-15(6-4-13)27-18(19,20)21)16(26)24-9-7-14(8-10-24)25-12-22-11-23-25/h3-6,11-12,14H,7-10H2,1-2H3. The predicted molar refractivity (Wildman–Crippen MR) is 91.0 cm³/mol. The van der Waals surface area contributed by atoms with Gasteiger partial charge in [0.15, 0.2) is 0 Å². The monoisotopic (exact) mass is 382 g/mol. The maximum atomic E-state index is 13.0. The molecule has 1 aliphatic heterocycles. The van der Waals surface area contributed by atoms with Gasteiger partial charge in [0.05, 0.1) is 11.5 Å². The summed E-state index contributed by atoms with van der Waals surface area (Å²) in [5.74, 6) is -0.354. The number of rotatable bonds is 4. The lowest BCUT2D eigenvalue weighted by Gasteiger charge is -2.37. The molecular formula is C18H21F3N4O2. The van der Waals surface area contributed by atoms with Gasteiger partial charge in [-0.15, -0.1) is 13.2 Å². The Hall–Kier alpha value is -2.58. The number of hydrogen-bond donors (Lipinski definition) is 0. The molecule has 3 rings (SSSR count). The Labute approximate surface area is 154 Å². The molecule has 0 atom stereocenters. The number of carbonyl (C=O) groups is 1. The highest BCUT2D eigenvalue weighted by atomic mass is 19.4. The van der Waals surface area contributed by atoms with Crippen LogP contribution in [0.2, 0.25) is 0 Å². The van der Waals surface area contributed by atoms with Crippen molar-refractivity contribution in [2.75, 3.05) is 13.1 Å². The molecule has 9 heteroatoms. The molecule has 0 spiro atoms. The molecule has 1 aliphatic rings. The van der Waals surface area contributed by atoms with Gasteiger partial charge < -0.3 is 9.64 Å². The molecule has 146 valence electrons. The number of nitrogens with zero attached hydrogens (tertiary/aromatic N) is 4. The minimum absolute atomic E-state index is 0.0518. The van der Waals surface area contributed by atoms with E-state index in [4.69, 9.17) is 0 Å². The average Bonchev–Trinajstić information content (AvgIpc) is 3.15. The van der Waals surface area contributed by atoms with E-state index in [9.17, 15) is 18.0 Å². The van der Waals surface area contributed by atoms with Crippen molar-refractivity contribution >= 4 is 5.91 Å². The molecular weight excluding hydrogens is 361 g/mol. The van der Waals surface area contributed by atoms with Crippen molar-refractivity contribution < 1.29 is 22.7 Å². The summed E-state index contributed by atoms with van der Waals surface area (Å²) in [6, 6.07) is 5.68. The zero-order valence-electron chi connectivity index (χ0n) is 15.1. The van der Waals surface area contributed by atoms with Crippen LogP contribution < -0.4 is 4.74 Å². The van der Waals surface area contributed by atoms with Crippen molar-refractivity contribution in [3.8, 4) is 5.75 Å². The molecule has 0 N–H and O–H groups in total. The lowest BCUT2D eigenvalue weighted by atomic mass is 9.82. The van der Waals surface area contributed by atoms with Crippen LogP contribution in [-0.2, 0) is 10.2 Å². The maximum Gasteiger partial charge on any atom is 0.573 e. The fraction of sp³-hybridized carbons (Fsp3) is 0.500. The topological polar surface area (TPSA) is 60.2 Å². The van der Waals surface area contributed by atoms with Crippen LogP contribution in [0.3, 0.4) is 0 Å². The van der Waals surface area contributed by atoms with Crippen LogP contribution in [0.5, 0.6) is 5.75 Å². The number of halogens is 3. The van der Waals surface area contributed by atoms with E-state index in [0.29, 0.717) is 18.7 Å². The Morgan fingerprint density at radius 2 is 1.78 bits per heavy atom. The van der Waals surface area contributed by atoms with Crippen LogP contribution in [0, 0.1) is 0 Å². The first-order chi connectivity index (χ1) is 12.7. The van der Waals surface area contributed by atoms with E-state index in [1.807, 2.05) is 4.68 Å². The van der Waals surface area contributed by atoms with Gasteiger partial charge in [0.2, 0.25) is 5.91 Å². The van der Waals surface area contributed by atoms with E-state index in [2.05, 4.69) is 14.8 Å². The first-order valence-electron chi connectivity index (χ1n) is 8.66. The SMILES string of the molecule is CC(C)(C(=O)N1CCC(n2cncn2)CC1)c1ccc(OC(F)(F)F)cc1. The molecule has 6 nitrogen and oxygen atoms in total. The summed E-state index contributed by atoms with van der Waals surface area (Å²) in [4.78, 5) is 18.8. The molecule has 1 saturated heterocycles. The molecule has 0 aliphatic carbocycles. The Balaban J connectivity index is 1.65. The van der Waals surface area contributed by atoms with E-state index in [0.717, 1.165) is 12.8 Å². The second-order valence-electron chi connectivity index (χ2n) is 7.10. The third kappa shape index (κ3) is 4.40. The van der Waals surface area contributed by atoms with Crippen LogP contribution in [0.25, 0.3) is 0 Å². The minimum Gasteiger partial charge on any atom is -0.406 e. The molecule has 1 aromatic carbocycles. The number of likely N-dealkylation sites (tertiary alicyclic amines) is 1. The Kier molecular flexibility index (Phi) is 5.12. The molecule has 1 amide bonds. The summed E-state index contributed by atoms with van der Waals surface area (Å²) in [5.41, 5.74) is -0.211. The van der Waals surface area contributed by atoms with E-state index < -0.39 is 11.8 Å². The third-order valence-electron chi connectivity index (χ3n) is 4.91. The summed E-state index contributed by atoms with van der Waals surface area (Å²) >= 11 is 0. The number of ether oxygens (including phenoxy) is 1. The van der Waals surface area contributed by atoms with E-state index in [-0.39, 0.29) is 17.7 Å². The molecule has 27 heavy (non-hydrogen) atoms. The van der Waals surface area contributed by atoms with Crippen LogP contribution in [0.15, 0.2) is 36.9 Å². The van der Waals surface area contributed by atoms with Gasteiger partial charge in [-0.1, -0.05) is 12.1 Å². The lowest BCUT2D eigenvalue weighted by Crippen LogP contribution is -2.47. The molecule has 0 radical (unpaired) electrons. The van der Waals surface area contributed by atoms with Crippen LogP contribution in [0.4, 0.5) is 13.2 Å². The molecule has 2 heterocycles. The second-order valence-corrected chi connectivity index (χ2v) is 7.10. The lowest BCUT2D eigenvalue weighted by molar-refractivity contribution is -0.274. The maximum absolute atomic E-state index is 13.0. The highest BCUT2D eigenvalue weighted by Gasteiger charge is 2.36. The number of hydrogen-bond acceptors (Lipinski definition) is 4. The normalized spacial score (nSPS) is 16.4. The van der Waals surface area contributed by atoms with Crippen LogP contribution in [-0.4, -0.2) is 45.0 Å². The molecule has 0 bridgehead atoms. The van der Waals surface area contributed by atoms with E-state index in [1.165, 1.54) is 30.6 Å². The molecule has 2 aromatic rings. The molecule has 0 unspecified atom stereocenters. The van der Waals surface area contributed by atoms with Crippen LogP contribution >= 0.6 is 0 Å². The quantitative estimate of drug-likeness (QED) is 0.814. The number of alkyl halides is 3. The third-order valence-corrected chi connectivity index (χ3v) is 4.91. The van der Waals surface area contributed by atoms with Crippen molar-refractivity contribution in [2.24, 2.45) is 0 Å². The van der Waals surface area contributed by atoms with Gasteiger partial charge in [0, 0.05) is 13.1 Å². The van der Waals surface area contributed by atoms with Crippen molar-refractivity contribution in [3.63, 3.8) is 0 Å². The molecule has 1 fully saturated rings. The molecule has 0 saturated carbocycles. The second kappa shape index (κ2) is 7.21. The first-order valence-corrected chi connectivity index (χ1v) is 8.66. The Morgan fingerprint density at radius 3 is 2.30 bits per heavy atom. The van der Waals surface area contributed by atoms with Gasteiger partial charge in [0.1, 0.15) is 18.4 Å². The zero-order valence-corrected chi connectivity index (χ0v) is 15.1. The van der Waals surface area contributed by atoms with Crippen molar-refractivity contribution in [1.29, 1.82) is 0 Å². The van der Waals surface area contributed by atoms with Crippen molar-refractivity contribution in [3.05, 3.63) is 42.5 Å². The van der Waals surface area contributed by atoms with Crippen molar-refractivity contribution in [1.82, 2.24) is 19.7 Å². The largest absolute Gasteiger partial charge is 0.573 e. The highest BCUT2D eigenvalue weighted by Crippen LogP contribution is 2.31. The number of amides is 1. The van der Waals surface area contributed by atoms with E-state index in [1.54, 1.807) is 25.1 Å². The molecule has 1 aromatic heterocycles. The zero-order chi connectivity index (χ0) is 19.7. The fourth-order valence-electron chi connectivity index (χ4n) is 3.33. The van der Waals surface area contributed by atoms with Gasteiger partial charge in [0.25, 0.3) is 0 Å². The number of aromatic nitrogens is 3. The minimum atomic E-state index is -4.73. The first kappa shape index (κ1) is 19.2. The summed E-state index contributed by atoms with van der Waals surface area (Å²) < 4.78 is 42.6. The number of carbonyl (C=O) groups excluding carboxylic acids is 1. The summed E-state index contributed by atoms with van der Waals surface area (Å²) in [6.45, 7) is 4.75. The van der Waals surface area contributed by atoms with Gasteiger partial charge in [-0.25, -0.2) is 9.67 Å². The van der Waals surface area contributed by atoms with Gasteiger partial charge >= 0.3 is 6.36 Å². The number of piperidine rings is 1. The predicted octanol–water partition coefficient (Wildman–Crippen LogP) is 3.32. The Bertz CT molecular complexity index is 765. The fourth-order valence-corrected chi connectivity index (χ4v) is 3.33. The van der Waals surface area contributed by atoms with Gasteiger partial charge in [-0.3, -0.25) is 4.79 Å². The van der Waals surface area contributed by atoms with Crippen molar-refractivity contribution in [2.45, 2.75) is 44.5 Å². The van der Waals surface area contributed by atoms with E-state index >= 15 is 0 Å². The van der Waals surface area contributed by atoms with Crippen LogP contribution in [0.1, 0.15) is 38.3 Å². The summed E-state index contributed by atoms with van der Waals surface area (Å²) in [6.07, 6.45) is -0.00215. The number of benzene rings is 1. The smallest absolute Gasteiger partial charge is 0.406 e. The summed E-state index contributed by atoms with van der Waals surface area (Å²) in [7, 11) is 0. The Morgan fingerprint density at radius 1 is 1.15 bits per heavy atom.